The topological polar surface area (TPSA) is 72.5 Å². The van der Waals surface area contributed by atoms with Gasteiger partial charge < -0.3 is 19.7 Å². The first-order valence-electron chi connectivity index (χ1n) is 5.58. The summed E-state index contributed by atoms with van der Waals surface area (Å²) in [5.41, 5.74) is 6.91. The minimum Gasteiger partial charge on any atom is -0.504 e. The fourth-order valence-electron chi connectivity index (χ4n) is 1.94. The van der Waals surface area contributed by atoms with Crippen LogP contribution in [0.15, 0.2) is 51.5 Å². The van der Waals surface area contributed by atoms with Crippen LogP contribution in [0.3, 0.4) is 0 Å². The Morgan fingerprint density at radius 1 is 1.16 bits per heavy atom. The Bertz CT molecular complexity index is 716. The van der Waals surface area contributed by atoms with E-state index in [9.17, 15) is 5.11 Å². The average molecular weight is 276 g/mol. The third-order valence-electron chi connectivity index (χ3n) is 2.77. The van der Waals surface area contributed by atoms with Crippen molar-refractivity contribution in [3.63, 3.8) is 0 Å². The van der Waals surface area contributed by atoms with E-state index in [2.05, 4.69) is 0 Å². The van der Waals surface area contributed by atoms with Crippen molar-refractivity contribution in [2.45, 2.75) is 0 Å². The molecule has 96 valence electrons. The Labute approximate surface area is 114 Å². The molecular formula is C14H10ClNO3. The van der Waals surface area contributed by atoms with Gasteiger partial charge in [0.15, 0.2) is 11.5 Å². The van der Waals surface area contributed by atoms with E-state index >= 15 is 0 Å². The Morgan fingerprint density at radius 3 is 2.68 bits per heavy atom. The maximum Gasteiger partial charge on any atom is 0.214 e. The number of rotatable bonds is 2. The molecule has 0 unspecified atom stereocenters. The van der Waals surface area contributed by atoms with Gasteiger partial charge in [0.25, 0.3) is 0 Å². The molecular weight excluding hydrogens is 266 g/mol. The van der Waals surface area contributed by atoms with Crippen LogP contribution in [0.5, 0.6) is 5.75 Å². The van der Waals surface area contributed by atoms with Crippen LogP contribution in [0.4, 0.5) is 5.88 Å². The van der Waals surface area contributed by atoms with E-state index < -0.39 is 0 Å². The van der Waals surface area contributed by atoms with Gasteiger partial charge in [0.05, 0.1) is 11.8 Å². The largest absolute Gasteiger partial charge is 0.504 e. The maximum atomic E-state index is 10.2. The second-order valence-corrected chi connectivity index (χ2v) is 4.44. The first kappa shape index (κ1) is 11.7. The van der Waals surface area contributed by atoms with Gasteiger partial charge in [-0.05, 0) is 29.8 Å². The van der Waals surface area contributed by atoms with E-state index in [1.54, 1.807) is 36.4 Å². The van der Waals surface area contributed by atoms with Gasteiger partial charge in [-0.3, -0.25) is 0 Å². The van der Waals surface area contributed by atoms with Gasteiger partial charge in [-0.2, -0.15) is 0 Å². The average Bonchev–Trinajstić information content (AvgIpc) is 2.97. The van der Waals surface area contributed by atoms with Crippen LogP contribution < -0.4 is 5.73 Å². The molecule has 2 aromatic heterocycles. The molecule has 3 rings (SSSR count). The molecule has 0 atom stereocenters. The molecule has 0 saturated carbocycles. The monoisotopic (exact) mass is 275 g/mol. The highest BCUT2D eigenvalue weighted by Gasteiger charge is 2.22. The summed E-state index contributed by atoms with van der Waals surface area (Å²) in [4.78, 5) is 0. The molecule has 0 aliphatic heterocycles. The van der Waals surface area contributed by atoms with Crippen LogP contribution in [-0.4, -0.2) is 5.11 Å². The number of aromatic hydroxyl groups is 1. The highest BCUT2D eigenvalue weighted by Crippen LogP contribution is 2.45. The molecule has 2 heterocycles. The van der Waals surface area contributed by atoms with Crippen LogP contribution in [0.2, 0.25) is 5.02 Å². The fourth-order valence-corrected chi connectivity index (χ4v) is 2.13. The van der Waals surface area contributed by atoms with Crippen LogP contribution >= 0.6 is 11.6 Å². The van der Waals surface area contributed by atoms with Crippen molar-refractivity contribution in [2.24, 2.45) is 0 Å². The predicted octanol–water partition coefficient (Wildman–Crippen LogP) is 4.15. The van der Waals surface area contributed by atoms with Crippen molar-refractivity contribution in [2.75, 3.05) is 5.73 Å². The molecule has 0 radical (unpaired) electrons. The molecule has 0 amide bonds. The number of furan rings is 2. The van der Waals surface area contributed by atoms with E-state index in [1.807, 2.05) is 0 Å². The molecule has 0 spiro atoms. The standard InChI is InChI=1S/C14H10ClNO3/c15-9-4-1-3-8(7-9)11-12(17)13(19-14(11)16)10-5-2-6-18-10/h1-7,17H,16H2. The summed E-state index contributed by atoms with van der Waals surface area (Å²) in [5, 5.41) is 10.8. The first-order chi connectivity index (χ1) is 9.16. The van der Waals surface area contributed by atoms with E-state index in [0.717, 1.165) is 0 Å². The predicted molar refractivity (Wildman–Crippen MR) is 72.9 cm³/mol. The van der Waals surface area contributed by atoms with Crippen LogP contribution in [0.1, 0.15) is 0 Å². The lowest BCUT2D eigenvalue weighted by molar-refractivity contribution is 0.457. The van der Waals surface area contributed by atoms with Gasteiger partial charge in [0.1, 0.15) is 0 Å². The summed E-state index contributed by atoms with van der Waals surface area (Å²) in [6.45, 7) is 0. The normalized spacial score (nSPS) is 10.8. The Morgan fingerprint density at radius 2 is 2.00 bits per heavy atom. The van der Waals surface area contributed by atoms with Crippen molar-refractivity contribution in [3.05, 3.63) is 47.7 Å². The summed E-state index contributed by atoms with van der Waals surface area (Å²) in [6.07, 6.45) is 1.49. The van der Waals surface area contributed by atoms with Crippen molar-refractivity contribution < 1.29 is 13.9 Å². The molecule has 0 saturated heterocycles. The third kappa shape index (κ3) is 1.96. The lowest BCUT2D eigenvalue weighted by Gasteiger charge is -2.00. The highest BCUT2D eigenvalue weighted by atomic mass is 35.5. The Hall–Kier alpha value is -2.33. The maximum absolute atomic E-state index is 10.2. The number of halogens is 1. The van der Waals surface area contributed by atoms with E-state index in [4.69, 9.17) is 26.2 Å². The smallest absolute Gasteiger partial charge is 0.214 e. The fraction of sp³-hybridized carbons (Fsp3) is 0. The molecule has 3 aromatic rings. The minimum atomic E-state index is -0.0604. The molecule has 0 bridgehead atoms. The van der Waals surface area contributed by atoms with Gasteiger partial charge in [0.2, 0.25) is 11.6 Å². The van der Waals surface area contributed by atoms with Gasteiger partial charge in [-0.15, -0.1) is 0 Å². The van der Waals surface area contributed by atoms with Crippen molar-refractivity contribution >= 4 is 17.5 Å². The molecule has 4 nitrogen and oxygen atoms in total. The summed E-state index contributed by atoms with van der Waals surface area (Å²) < 4.78 is 10.6. The quantitative estimate of drug-likeness (QED) is 0.737. The number of nitrogen functional groups attached to an aromatic ring is 1. The molecule has 0 aliphatic rings. The summed E-state index contributed by atoms with van der Waals surface area (Å²) >= 11 is 5.93. The number of nitrogens with two attached hydrogens (primary N) is 1. The van der Waals surface area contributed by atoms with Crippen LogP contribution in [0.25, 0.3) is 22.6 Å². The first-order valence-corrected chi connectivity index (χ1v) is 5.95. The molecule has 3 N–H and O–H groups in total. The van der Waals surface area contributed by atoms with Crippen LogP contribution in [0, 0.1) is 0 Å². The van der Waals surface area contributed by atoms with Gasteiger partial charge >= 0.3 is 0 Å². The van der Waals surface area contributed by atoms with Crippen molar-refractivity contribution in [1.82, 2.24) is 0 Å². The second-order valence-electron chi connectivity index (χ2n) is 4.01. The number of hydrogen-bond donors (Lipinski definition) is 2. The molecule has 5 heteroatoms. The number of benzene rings is 1. The van der Waals surface area contributed by atoms with Gasteiger partial charge in [-0.1, -0.05) is 23.7 Å². The zero-order chi connectivity index (χ0) is 13.4. The minimum absolute atomic E-state index is 0.0604. The Balaban J connectivity index is 2.18. The van der Waals surface area contributed by atoms with E-state index in [-0.39, 0.29) is 17.4 Å². The molecule has 0 fully saturated rings. The van der Waals surface area contributed by atoms with Crippen molar-refractivity contribution in [3.8, 4) is 28.4 Å². The zero-order valence-corrected chi connectivity index (χ0v) is 10.5. The lowest BCUT2D eigenvalue weighted by atomic mass is 10.1. The number of anilines is 1. The lowest BCUT2D eigenvalue weighted by Crippen LogP contribution is -1.84. The van der Waals surface area contributed by atoms with E-state index in [0.29, 0.717) is 21.9 Å². The second kappa shape index (κ2) is 4.40. The van der Waals surface area contributed by atoms with E-state index in [1.165, 1.54) is 6.26 Å². The molecule has 19 heavy (non-hydrogen) atoms. The van der Waals surface area contributed by atoms with Gasteiger partial charge in [0, 0.05) is 5.02 Å². The summed E-state index contributed by atoms with van der Waals surface area (Å²) in [6, 6.07) is 10.4. The number of hydrogen-bond acceptors (Lipinski definition) is 4. The molecule has 1 aromatic carbocycles. The summed E-state index contributed by atoms with van der Waals surface area (Å²) in [5.74, 6) is 0.677. The SMILES string of the molecule is Nc1oc(-c2ccco2)c(O)c1-c1cccc(Cl)c1. The third-order valence-corrected chi connectivity index (χ3v) is 3.00. The van der Waals surface area contributed by atoms with Crippen molar-refractivity contribution in [1.29, 1.82) is 0 Å². The van der Waals surface area contributed by atoms with Crippen LogP contribution in [-0.2, 0) is 0 Å². The molecule has 0 aliphatic carbocycles. The zero-order valence-electron chi connectivity index (χ0n) is 9.76. The Kier molecular flexibility index (Phi) is 2.72. The highest BCUT2D eigenvalue weighted by molar-refractivity contribution is 6.30. The van der Waals surface area contributed by atoms with Gasteiger partial charge in [-0.25, -0.2) is 0 Å². The summed E-state index contributed by atoms with van der Waals surface area (Å²) in [7, 11) is 0.